The van der Waals surface area contributed by atoms with Crippen LogP contribution in [0.4, 0.5) is 4.39 Å². The molecule has 2 N–H and O–H groups in total. The van der Waals surface area contributed by atoms with Crippen LogP contribution in [0.5, 0.6) is 0 Å². The number of nitrogens with zero attached hydrogens (tertiary/aromatic N) is 1. The van der Waals surface area contributed by atoms with Gasteiger partial charge < -0.3 is 10.6 Å². The zero-order chi connectivity index (χ0) is 15.5. The molecule has 1 saturated carbocycles. The highest BCUT2D eigenvalue weighted by atomic mass is 35.5. The van der Waals surface area contributed by atoms with Gasteiger partial charge in [0.05, 0.1) is 0 Å². The molecule has 0 aliphatic heterocycles. The van der Waals surface area contributed by atoms with E-state index in [2.05, 4.69) is 0 Å². The van der Waals surface area contributed by atoms with Gasteiger partial charge in [0.15, 0.2) is 0 Å². The number of halogens is 2. The van der Waals surface area contributed by atoms with Crippen LogP contribution in [-0.4, -0.2) is 16.8 Å². The number of carbonyl (C=O) groups is 1. The molecule has 0 aromatic heterocycles. The molecule has 23 heavy (non-hydrogen) atoms. The quantitative estimate of drug-likeness (QED) is 0.909. The predicted molar refractivity (Wildman–Crippen MR) is 90.9 cm³/mol. The highest BCUT2D eigenvalue weighted by Crippen LogP contribution is 2.30. The Kier molecular flexibility index (Phi) is 5.74. The van der Waals surface area contributed by atoms with Gasteiger partial charge in [-0.25, -0.2) is 4.39 Å². The van der Waals surface area contributed by atoms with E-state index in [1.807, 2.05) is 29.2 Å². The van der Waals surface area contributed by atoms with E-state index >= 15 is 0 Å². The van der Waals surface area contributed by atoms with Gasteiger partial charge in [-0.3, -0.25) is 4.79 Å². The van der Waals surface area contributed by atoms with E-state index in [1.165, 1.54) is 12.1 Å². The summed E-state index contributed by atoms with van der Waals surface area (Å²) in [7, 11) is 0. The first kappa shape index (κ1) is 17.4. The average molecular weight is 335 g/mol. The Balaban J connectivity index is 0.00000192. The Morgan fingerprint density at radius 2 is 1.61 bits per heavy atom. The Bertz CT molecular complexity index is 654. The zero-order valence-corrected chi connectivity index (χ0v) is 13.6. The second kappa shape index (κ2) is 7.57. The zero-order valence-electron chi connectivity index (χ0n) is 12.7. The third-order valence-electron chi connectivity index (χ3n) is 3.95. The van der Waals surface area contributed by atoms with Crippen LogP contribution >= 0.6 is 12.4 Å². The van der Waals surface area contributed by atoms with Crippen LogP contribution in [0, 0.1) is 5.82 Å². The molecular weight excluding hydrogens is 315 g/mol. The van der Waals surface area contributed by atoms with Crippen LogP contribution in [0.25, 0.3) is 0 Å². The Morgan fingerprint density at radius 3 is 2.13 bits per heavy atom. The number of hydrogen-bond acceptors (Lipinski definition) is 2. The molecule has 0 heterocycles. The second-order valence-corrected chi connectivity index (χ2v) is 5.69. The van der Waals surface area contributed by atoms with Gasteiger partial charge >= 0.3 is 0 Å². The van der Waals surface area contributed by atoms with Crippen molar-refractivity contribution in [2.75, 3.05) is 0 Å². The van der Waals surface area contributed by atoms with Crippen LogP contribution in [-0.2, 0) is 13.1 Å². The first-order valence-electron chi connectivity index (χ1n) is 7.52. The van der Waals surface area contributed by atoms with Crippen molar-refractivity contribution in [3.63, 3.8) is 0 Å². The Morgan fingerprint density at radius 1 is 1.04 bits per heavy atom. The smallest absolute Gasteiger partial charge is 0.254 e. The molecule has 1 fully saturated rings. The van der Waals surface area contributed by atoms with Crippen LogP contribution in [0.15, 0.2) is 48.5 Å². The SMILES string of the molecule is Cl.NCc1ccc(C(=O)N(Cc2ccc(F)cc2)C2CC2)cc1. The summed E-state index contributed by atoms with van der Waals surface area (Å²) in [6.07, 6.45) is 2.07. The monoisotopic (exact) mass is 334 g/mol. The molecule has 0 spiro atoms. The van der Waals surface area contributed by atoms with E-state index in [1.54, 1.807) is 12.1 Å². The standard InChI is InChI=1S/C18H19FN2O.ClH/c19-16-7-3-14(4-8-16)12-21(17-9-10-17)18(22)15-5-1-13(11-20)2-6-15;/h1-8,17H,9-12,20H2;1H. The third kappa shape index (κ3) is 4.30. The summed E-state index contributed by atoms with van der Waals surface area (Å²) in [6, 6.07) is 14.0. The maximum atomic E-state index is 13.0. The average Bonchev–Trinajstić information content (AvgIpc) is 3.38. The lowest BCUT2D eigenvalue weighted by Gasteiger charge is -2.23. The number of nitrogens with two attached hydrogens (primary N) is 1. The van der Waals surface area contributed by atoms with Crippen LogP contribution < -0.4 is 5.73 Å². The maximum Gasteiger partial charge on any atom is 0.254 e. The summed E-state index contributed by atoms with van der Waals surface area (Å²) in [4.78, 5) is 14.6. The molecule has 0 radical (unpaired) electrons. The molecule has 2 aromatic carbocycles. The third-order valence-corrected chi connectivity index (χ3v) is 3.95. The highest BCUT2D eigenvalue weighted by molar-refractivity contribution is 5.94. The fourth-order valence-electron chi connectivity index (χ4n) is 2.49. The summed E-state index contributed by atoms with van der Waals surface area (Å²) < 4.78 is 13.0. The molecule has 3 nitrogen and oxygen atoms in total. The van der Waals surface area contributed by atoms with Crippen molar-refractivity contribution in [3.05, 3.63) is 71.0 Å². The number of rotatable bonds is 5. The molecule has 0 atom stereocenters. The minimum absolute atomic E-state index is 0. The largest absolute Gasteiger partial charge is 0.331 e. The van der Waals surface area contributed by atoms with Crippen molar-refractivity contribution in [1.82, 2.24) is 4.90 Å². The molecule has 1 aliphatic carbocycles. The fraction of sp³-hybridized carbons (Fsp3) is 0.278. The van der Waals surface area contributed by atoms with Crippen LogP contribution in [0.1, 0.15) is 34.3 Å². The van der Waals surface area contributed by atoms with Gasteiger partial charge in [0.25, 0.3) is 5.91 Å². The van der Waals surface area contributed by atoms with Crippen molar-refractivity contribution in [3.8, 4) is 0 Å². The first-order valence-corrected chi connectivity index (χ1v) is 7.52. The van der Waals surface area contributed by atoms with Crippen molar-refractivity contribution in [1.29, 1.82) is 0 Å². The minimum atomic E-state index is -0.259. The van der Waals surface area contributed by atoms with Crippen molar-refractivity contribution >= 4 is 18.3 Å². The van der Waals surface area contributed by atoms with Gasteiger partial charge in [0.2, 0.25) is 0 Å². The van der Waals surface area contributed by atoms with Crippen LogP contribution in [0.3, 0.4) is 0 Å². The van der Waals surface area contributed by atoms with Crippen molar-refractivity contribution in [2.24, 2.45) is 5.73 Å². The summed E-state index contributed by atoms with van der Waals surface area (Å²) in [5.41, 5.74) is 8.21. The maximum absolute atomic E-state index is 13.0. The number of amides is 1. The molecule has 3 rings (SSSR count). The number of benzene rings is 2. The Labute approximate surface area is 141 Å². The molecule has 2 aromatic rings. The highest BCUT2D eigenvalue weighted by Gasteiger charge is 2.33. The molecule has 1 aliphatic rings. The molecule has 0 saturated heterocycles. The number of hydrogen-bond donors (Lipinski definition) is 1. The summed E-state index contributed by atoms with van der Waals surface area (Å²) >= 11 is 0. The molecular formula is C18H20ClFN2O. The van der Waals surface area contributed by atoms with Gasteiger partial charge in [0, 0.05) is 24.7 Å². The lowest BCUT2D eigenvalue weighted by Crippen LogP contribution is -2.32. The van der Waals surface area contributed by atoms with Crippen molar-refractivity contribution < 1.29 is 9.18 Å². The predicted octanol–water partition coefficient (Wildman–Crippen LogP) is 3.51. The summed E-state index contributed by atoms with van der Waals surface area (Å²) in [6.45, 7) is 0.985. The lowest BCUT2D eigenvalue weighted by atomic mass is 10.1. The van der Waals surface area contributed by atoms with E-state index in [0.717, 1.165) is 24.0 Å². The van der Waals surface area contributed by atoms with E-state index in [-0.39, 0.29) is 24.1 Å². The molecule has 0 bridgehead atoms. The molecule has 1 amide bonds. The fourth-order valence-corrected chi connectivity index (χ4v) is 2.49. The molecule has 122 valence electrons. The molecule has 5 heteroatoms. The first-order chi connectivity index (χ1) is 10.7. The lowest BCUT2D eigenvalue weighted by molar-refractivity contribution is 0.0730. The number of carbonyl (C=O) groups excluding carboxylic acids is 1. The van der Waals surface area contributed by atoms with Crippen molar-refractivity contribution in [2.45, 2.75) is 32.0 Å². The van der Waals surface area contributed by atoms with E-state index in [9.17, 15) is 9.18 Å². The topological polar surface area (TPSA) is 46.3 Å². The van der Waals surface area contributed by atoms with Gasteiger partial charge in [-0.1, -0.05) is 24.3 Å². The summed E-state index contributed by atoms with van der Waals surface area (Å²) in [5, 5.41) is 0. The van der Waals surface area contributed by atoms with Gasteiger partial charge in [-0.05, 0) is 48.2 Å². The van der Waals surface area contributed by atoms with Gasteiger partial charge in [-0.15, -0.1) is 12.4 Å². The normalized spacial score (nSPS) is 13.3. The van der Waals surface area contributed by atoms with Gasteiger partial charge in [-0.2, -0.15) is 0 Å². The van der Waals surface area contributed by atoms with Gasteiger partial charge in [0.1, 0.15) is 5.82 Å². The van der Waals surface area contributed by atoms with E-state index in [0.29, 0.717) is 24.7 Å². The molecule has 0 unspecified atom stereocenters. The Hall–Kier alpha value is -1.91. The van der Waals surface area contributed by atoms with Crippen LogP contribution in [0.2, 0.25) is 0 Å². The van der Waals surface area contributed by atoms with E-state index < -0.39 is 0 Å². The summed E-state index contributed by atoms with van der Waals surface area (Å²) in [5.74, 6) is -0.235. The van der Waals surface area contributed by atoms with E-state index in [4.69, 9.17) is 5.73 Å². The second-order valence-electron chi connectivity index (χ2n) is 5.69. The minimum Gasteiger partial charge on any atom is -0.331 e.